The second-order valence-electron chi connectivity index (χ2n) is 9.23. The number of aliphatic carboxylic acids is 1. The van der Waals surface area contributed by atoms with Crippen molar-refractivity contribution >= 4 is 53.1 Å². The van der Waals surface area contributed by atoms with Gasteiger partial charge in [-0.3, -0.25) is 19.2 Å². The summed E-state index contributed by atoms with van der Waals surface area (Å²) in [6, 6.07) is 11.2. The Kier molecular flexibility index (Phi) is 10.7. The molecule has 0 aliphatic heterocycles. The summed E-state index contributed by atoms with van der Waals surface area (Å²) in [5.41, 5.74) is 13.2. The Morgan fingerprint density at radius 1 is 0.825 bits per heavy atom. The molecule has 12 nitrogen and oxygen atoms in total. The van der Waals surface area contributed by atoms with Crippen LogP contribution in [0.15, 0.2) is 60.8 Å². The number of nitrogens with two attached hydrogens (primary N) is 2. The minimum Gasteiger partial charge on any atom is -0.480 e. The van der Waals surface area contributed by atoms with E-state index in [2.05, 4.69) is 33.6 Å². The Bertz CT molecular complexity index is 1360. The van der Waals surface area contributed by atoms with Crippen LogP contribution in [0.1, 0.15) is 17.5 Å². The summed E-state index contributed by atoms with van der Waals surface area (Å²) in [4.78, 5) is 65.5. The molecule has 3 rings (SSSR count). The van der Waals surface area contributed by atoms with Crippen molar-refractivity contribution in [2.75, 3.05) is 5.75 Å². The smallest absolute Gasteiger partial charge is 0.326 e. The Morgan fingerprint density at radius 2 is 1.40 bits per heavy atom. The number of carboxylic acid groups (broad SMARTS) is 1. The third-order valence-corrected chi connectivity index (χ3v) is 6.59. The summed E-state index contributed by atoms with van der Waals surface area (Å²) in [5, 5.41) is 17.8. The van der Waals surface area contributed by atoms with Crippen molar-refractivity contribution in [3.05, 3.63) is 71.9 Å². The summed E-state index contributed by atoms with van der Waals surface area (Å²) in [5.74, 6) is -4.46. The second kappa shape index (κ2) is 14.1. The van der Waals surface area contributed by atoms with Crippen molar-refractivity contribution < 1.29 is 29.1 Å². The molecule has 0 bridgehead atoms. The number of aromatic nitrogens is 1. The number of fused-ring (bicyclic) bond motifs is 1. The van der Waals surface area contributed by atoms with E-state index in [0.717, 1.165) is 16.5 Å². The summed E-state index contributed by atoms with van der Waals surface area (Å²) in [7, 11) is 0. The van der Waals surface area contributed by atoms with E-state index < -0.39 is 60.2 Å². The average Bonchev–Trinajstić information content (AvgIpc) is 3.34. The van der Waals surface area contributed by atoms with Crippen molar-refractivity contribution in [3.8, 4) is 0 Å². The summed E-state index contributed by atoms with van der Waals surface area (Å²) < 4.78 is 0. The van der Waals surface area contributed by atoms with Crippen molar-refractivity contribution in [1.29, 1.82) is 0 Å². The SMILES string of the molecule is NC(=O)CC(NC(=O)C(Cc1ccccc1)NC(=O)C(Cc1c[nH]c2ccccc12)NC(=O)C(N)CS)C(=O)O. The number of amides is 4. The van der Waals surface area contributed by atoms with E-state index in [4.69, 9.17) is 11.5 Å². The fraction of sp³-hybridized carbons (Fsp3) is 0.296. The topological polar surface area (TPSA) is 209 Å². The molecule has 2 aromatic carbocycles. The average molecular weight is 569 g/mol. The maximum Gasteiger partial charge on any atom is 0.326 e. The predicted molar refractivity (Wildman–Crippen MR) is 151 cm³/mol. The molecule has 4 amide bonds. The summed E-state index contributed by atoms with van der Waals surface area (Å²) >= 11 is 4.05. The first-order valence-corrected chi connectivity index (χ1v) is 13.1. The van der Waals surface area contributed by atoms with E-state index in [1.807, 2.05) is 24.3 Å². The fourth-order valence-corrected chi connectivity index (χ4v) is 4.26. The molecular formula is C27H32N6O6S. The first-order valence-electron chi connectivity index (χ1n) is 12.5. The van der Waals surface area contributed by atoms with E-state index >= 15 is 0 Å². The molecule has 212 valence electrons. The van der Waals surface area contributed by atoms with Crippen LogP contribution in [-0.2, 0) is 36.8 Å². The van der Waals surface area contributed by atoms with Gasteiger partial charge in [-0.05, 0) is 17.2 Å². The second-order valence-corrected chi connectivity index (χ2v) is 9.60. The molecule has 40 heavy (non-hydrogen) atoms. The monoisotopic (exact) mass is 568 g/mol. The van der Waals surface area contributed by atoms with Gasteiger partial charge in [0.1, 0.15) is 18.1 Å². The molecule has 0 spiro atoms. The van der Waals surface area contributed by atoms with Crippen molar-refractivity contribution in [2.24, 2.45) is 11.5 Å². The van der Waals surface area contributed by atoms with Gasteiger partial charge in [-0.15, -0.1) is 0 Å². The van der Waals surface area contributed by atoms with Crippen LogP contribution in [0.2, 0.25) is 0 Å². The lowest BCUT2D eigenvalue weighted by molar-refractivity contribution is -0.143. The molecule has 1 aromatic heterocycles. The number of hydrogen-bond donors (Lipinski definition) is 8. The molecule has 4 atom stereocenters. The van der Waals surface area contributed by atoms with Crippen LogP contribution in [0, 0.1) is 0 Å². The van der Waals surface area contributed by atoms with Gasteiger partial charge < -0.3 is 37.5 Å². The maximum absolute atomic E-state index is 13.6. The lowest BCUT2D eigenvalue weighted by Crippen LogP contribution is -2.58. The van der Waals surface area contributed by atoms with Gasteiger partial charge in [0, 0.05) is 35.7 Å². The Labute approximate surface area is 235 Å². The van der Waals surface area contributed by atoms with Crippen LogP contribution >= 0.6 is 12.6 Å². The van der Waals surface area contributed by atoms with Gasteiger partial charge in [0.05, 0.1) is 12.5 Å². The molecule has 4 unspecified atom stereocenters. The van der Waals surface area contributed by atoms with E-state index in [9.17, 15) is 29.1 Å². The molecule has 3 aromatic rings. The molecular weight excluding hydrogens is 536 g/mol. The van der Waals surface area contributed by atoms with Crippen LogP contribution in [0.3, 0.4) is 0 Å². The highest BCUT2D eigenvalue weighted by atomic mass is 32.1. The zero-order valence-electron chi connectivity index (χ0n) is 21.5. The van der Waals surface area contributed by atoms with Gasteiger partial charge >= 0.3 is 5.97 Å². The number of carbonyl (C=O) groups excluding carboxylic acids is 4. The number of hydrogen-bond acceptors (Lipinski definition) is 7. The minimum atomic E-state index is -1.59. The van der Waals surface area contributed by atoms with Gasteiger partial charge in [0.25, 0.3) is 0 Å². The molecule has 0 aliphatic carbocycles. The van der Waals surface area contributed by atoms with Gasteiger partial charge in [-0.1, -0.05) is 48.5 Å². The lowest BCUT2D eigenvalue weighted by atomic mass is 10.0. The molecule has 0 radical (unpaired) electrons. The fourth-order valence-electron chi connectivity index (χ4n) is 4.10. The van der Waals surface area contributed by atoms with Crippen molar-refractivity contribution in [3.63, 3.8) is 0 Å². The number of aromatic amines is 1. The van der Waals surface area contributed by atoms with E-state index in [1.54, 1.807) is 36.5 Å². The Morgan fingerprint density at radius 3 is 2.02 bits per heavy atom. The lowest BCUT2D eigenvalue weighted by Gasteiger charge is -2.25. The molecule has 0 fully saturated rings. The van der Waals surface area contributed by atoms with Crippen LogP contribution in [0.4, 0.5) is 0 Å². The van der Waals surface area contributed by atoms with Gasteiger partial charge in [0.2, 0.25) is 23.6 Å². The van der Waals surface area contributed by atoms with Crippen LogP contribution < -0.4 is 27.4 Å². The number of nitrogens with one attached hydrogen (secondary N) is 4. The Balaban J connectivity index is 1.88. The molecule has 0 saturated heterocycles. The first kappa shape index (κ1) is 30.2. The molecule has 0 saturated carbocycles. The highest BCUT2D eigenvalue weighted by Crippen LogP contribution is 2.19. The predicted octanol–water partition coefficient (Wildman–Crippen LogP) is -0.375. The Hall–Kier alpha value is -4.36. The number of rotatable bonds is 14. The first-order chi connectivity index (χ1) is 19.1. The zero-order chi connectivity index (χ0) is 29.2. The summed E-state index contributed by atoms with van der Waals surface area (Å²) in [6.07, 6.45) is 1.17. The minimum absolute atomic E-state index is 0.00519. The third kappa shape index (κ3) is 8.32. The molecule has 1 heterocycles. The highest BCUT2D eigenvalue weighted by molar-refractivity contribution is 7.80. The highest BCUT2D eigenvalue weighted by Gasteiger charge is 2.31. The number of carbonyl (C=O) groups is 5. The number of para-hydroxylation sites is 1. The van der Waals surface area contributed by atoms with Crippen molar-refractivity contribution in [1.82, 2.24) is 20.9 Å². The number of primary amides is 1. The van der Waals surface area contributed by atoms with E-state index in [1.165, 1.54) is 0 Å². The number of benzene rings is 2. The van der Waals surface area contributed by atoms with Gasteiger partial charge in [0.15, 0.2) is 0 Å². The molecule has 13 heteroatoms. The maximum atomic E-state index is 13.6. The van der Waals surface area contributed by atoms with Crippen LogP contribution in [0.25, 0.3) is 10.9 Å². The number of carboxylic acids is 1. The summed E-state index contributed by atoms with van der Waals surface area (Å²) in [6.45, 7) is 0. The normalized spacial score (nSPS) is 13.9. The van der Waals surface area contributed by atoms with Crippen LogP contribution in [0.5, 0.6) is 0 Å². The molecule has 9 N–H and O–H groups in total. The quantitative estimate of drug-likeness (QED) is 0.121. The zero-order valence-corrected chi connectivity index (χ0v) is 22.4. The van der Waals surface area contributed by atoms with Crippen LogP contribution in [-0.4, -0.2) is 69.6 Å². The number of thiol groups is 1. The van der Waals surface area contributed by atoms with Crippen molar-refractivity contribution in [2.45, 2.75) is 43.4 Å². The number of H-pyrrole nitrogens is 1. The van der Waals surface area contributed by atoms with Gasteiger partial charge in [-0.25, -0.2) is 4.79 Å². The largest absolute Gasteiger partial charge is 0.480 e. The third-order valence-electron chi connectivity index (χ3n) is 6.20. The van der Waals surface area contributed by atoms with Gasteiger partial charge in [-0.2, -0.15) is 12.6 Å². The standard InChI is InChI=1S/C27H32N6O6S/c28-18(14-40)24(35)31-21(11-16-13-30-19-9-5-4-8-17(16)19)26(37)32-20(10-15-6-2-1-3-7-15)25(36)33-22(27(38)39)12-23(29)34/h1-9,13,18,20-22,30,40H,10-12,14,28H2,(H2,29,34)(H,31,35)(H,32,37)(H,33,36)(H,38,39). The van der Waals surface area contributed by atoms with E-state index in [0.29, 0.717) is 5.56 Å². The van der Waals surface area contributed by atoms with E-state index in [-0.39, 0.29) is 18.6 Å². The molecule has 0 aliphatic rings.